The Labute approximate surface area is 188 Å². The average molecular weight is 444 g/mol. The molecule has 2 atom stereocenters. The van der Waals surface area contributed by atoms with Crippen LogP contribution in [-0.4, -0.2) is 38.6 Å². The maximum atomic E-state index is 12.6. The molecule has 2 aromatic carbocycles. The van der Waals surface area contributed by atoms with E-state index in [0.29, 0.717) is 12.5 Å². The number of methoxy groups -OCH3 is 1. The number of hydrogen-bond acceptors (Lipinski definition) is 4. The van der Waals surface area contributed by atoms with Crippen LogP contribution in [0.4, 0.5) is 5.69 Å². The molecule has 0 bridgehead atoms. The first-order chi connectivity index (χ1) is 14.9. The third-order valence-electron chi connectivity index (χ3n) is 5.67. The van der Waals surface area contributed by atoms with Gasteiger partial charge >= 0.3 is 0 Å². The first-order valence-corrected chi connectivity index (χ1v) is 10.9. The highest BCUT2D eigenvalue weighted by molar-refractivity contribution is 6.30. The molecule has 1 heterocycles. The van der Waals surface area contributed by atoms with Gasteiger partial charge in [0.1, 0.15) is 5.75 Å². The van der Waals surface area contributed by atoms with Crippen molar-refractivity contribution >= 4 is 29.1 Å². The number of benzene rings is 2. The Morgan fingerprint density at radius 2 is 1.97 bits per heavy atom. The van der Waals surface area contributed by atoms with E-state index in [1.807, 2.05) is 42.5 Å². The SMILES string of the molecule is COc1ccc(C(CC(=O)NCC2CCN(c3cc(Cl)ccc3C)C2)NC(C)=O)cc1. The van der Waals surface area contributed by atoms with E-state index in [4.69, 9.17) is 16.3 Å². The van der Waals surface area contributed by atoms with Crippen LogP contribution in [-0.2, 0) is 9.59 Å². The summed E-state index contributed by atoms with van der Waals surface area (Å²) in [4.78, 5) is 26.6. The molecular formula is C24H30ClN3O3. The number of halogens is 1. The molecule has 0 radical (unpaired) electrons. The minimum absolute atomic E-state index is 0.0769. The van der Waals surface area contributed by atoms with Gasteiger partial charge in [-0.25, -0.2) is 0 Å². The predicted molar refractivity (Wildman–Crippen MR) is 124 cm³/mol. The van der Waals surface area contributed by atoms with Crippen molar-refractivity contribution in [3.8, 4) is 5.75 Å². The number of amides is 2. The molecule has 1 aliphatic rings. The highest BCUT2D eigenvalue weighted by atomic mass is 35.5. The van der Waals surface area contributed by atoms with Gasteiger partial charge in [-0.2, -0.15) is 0 Å². The minimum Gasteiger partial charge on any atom is -0.497 e. The quantitative estimate of drug-likeness (QED) is 0.649. The average Bonchev–Trinajstić information content (AvgIpc) is 3.22. The van der Waals surface area contributed by atoms with Crippen LogP contribution in [0.2, 0.25) is 5.02 Å². The largest absolute Gasteiger partial charge is 0.497 e. The number of nitrogens with zero attached hydrogens (tertiary/aromatic N) is 1. The van der Waals surface area contributed by atoms with Crippen molar-refractivity contribution in [2.24, 2.45) is 5.92 Å². The lowest BCUT2D eigenvalue weighted by Gasteiger charge is -2.22. The summed E-state index contributed by atoms with van der Waals surface area (Å²) in [5, 5.41) is 6.66. The topological polar surface area (TPSA) is 70.7 Å². The summed E-state index contributed by atoms with van der Waals surface area (Å²) in [7, 11) is 1.60. The summed E-state index contributed by atoms with van der Waals surface area (Å²) in [6.45, 7) is 5.99. The van der Waals surface area contributed by atoms with Gasteiger partial charge in [-0.15, -0.1) is 0 Å². The maximum absolute atomic E-state index is 12.6. The zero-order chi connectivity index (χ0) is 22.4. The molecule has 31 heavy (non-hydrogen) atoms. The second-order valence-electron chi connectivity index (χ2n) is 8.07. The molecule has 7 heteroatoms. The summed E-state index contributed by atoms with van der Waals surface area (Å²) < 4.78 is 5.18. The van der Waals surface area contributed by atoms with E-state index >= 15 is 0 Å². The van der Waals surface area contributed by atoms with Crippen LogP contribution < -0.4 is 20.3 Å². The highest BCUT2D eigenvalue weighted by Crippen LogP contribution is 2.29. The van der Waals surface area contributed by atoms with Crippen LogP contribution in [0, 0.1) is 12.8 Å². The second-order valence-corrected chi connectivity index (χ2v) is 8.50. The standard InChI is InChI=1S/C24H30ClN3O3/c1-16-4-7-20(25)12-23(16)28-11-10-18(15-28)14-26-24(30)13-22(27-17(2)29)19-5-8-21(31-3)9-6-19/h4-9,12,18,22H,10-11,13-15H2,1-3H3,(H,26,30)(H,27,29). The zero-order valence-electron chi connectivity index (χ0n) is 18.3. The van der Waals surface area contributed by atoms with E-state index in [-0.39, 0.29) is 24.3 Å². The van der Waals surface area contributed by atoms with Crippen molar-refractivity contribution in [1.29, 1.82) is 0 Å². The molecule has 3 rings (SSSR count). The van der Waals surface area contributed by atoms with E-state index in [9.17, 15) is 9.59 Å². The number of ether oxygens (including phenoxy) is 1. The van der Waals surface area contributed by atoms with Crippen molar-refractivity contribution < 1.29 is 14.3 Å². The lowest BCUT2D eigenvalue weighted by atomic mass is 10.0. The number of aryl methyl sites for hydroxylation is 1. The predicted octanol–water partition coefficient (Wildman–Crippen LogP) is 3.87. The van der Waals surface area contributed by atoms with Crippen LogP contribution in [0.15, 0.2) is 42.5 Å². The van der Waals surface area contributed by atoms with Gasteiger partial charge in [-0.3, -0.25) is 9.59 Å². The maximum Gasteiger partial charge on any atom is 0.222 e. The fraction of sp³-hybridized carbons (Fsp3) is 0.417. The molecule has 1 fully saturated rings. The molecule has 0 aromatic heterocycles. The van der Waals surface area contributed by atoms with E-state index in [2.05, 4.69) is 22.5 Å². The summed E-state index contributed by atoms with van der Waals surface area (Å²) in [6.07, 6.45) is 1.20. The van der Waals surface area contributed by atoms with Crippen LogP contribution in [0.1, 0.15) is 36.9 Å². The van der Waals surface area contributed by atoms with Gasteiger partial charge in [0, 0.05) is 37.3 Å². The van der Waals surface area contributed by atoms with Crippen molar-refractivity contribution in [1.82, 2.24) is 10.6 Å². The summed E-state index contributed by atoms with van der Waals surface area (Å²) in [5.41, 5.74) is 3.23. The first-order valence-electron chi connectivity index (χ1n) is 10.5. The van der Waals surface area contributed by atoms with Crippen molar-refractivity contribution in [3.63, 3.8) is 0 Å². The van der Waals surface area contributed by atoms with E-state index in [1.165, 1.54) is 12.5 Å². The minimum atomic E-state index is -0.377. The van der Waals surface area contributed by atoms with Crippen molar-refractivity contribution in [2.45, 2.75) is 32.7 Å². The Morgan fingerprint density at radius 1 is 1.23 bits per heavy atom. The number of anilines is 1. The van der Waals surface area contributed by atoms with Crippen LogP contribution in [0.25, 0.3) is 0 Å². The Balaban J connectivity index is 1.54. The van der Waals surface area contributed by atoms with Gasteiger partial charge in [0.05, 0.1) is 19.6 Å². The normalized spacial score (nSPS) is 16.6. The van der Waals surface area contributed by atoms with Gasteiger partial charge in [0.25, 0.3) is 0 Å². The summed E-state index contributed by atoms with van der Waals surface area (Å²) in [6, 6.07) is 13.0. The summed E-state index contributed by atoms with van der Waals surface area (Å²) in [5.74, 6) is 0.863. The first kappa shape index (κ1) is 22.9. The molecule has 2 unspecified atom stereocenters. The van der Waals surface area contributed by atoms with Gasteiger partial charge in [-0.1, -0.05) is 29.8 Å². The Hall–Kier alpha value is -2.73. The van der Waals surface area contributed by atoms with E-state index < -0.39 is 0 Å². The molecule has 2 aromatic rings. The molecular weight excluding hydrogens is 414 g/mol. The van der Waals surface area contributed by atoms with Crippen LogP contribution in [0.3, 0.4) is 0 Å². The molecule has 0 saturated carbocycles. The Bertz CT molecular complexity index is 917. The number of rotatable bonds is 8. The fourth-order valence-corrected chi connectivity index (χ4v) is 4.16. The molecule has 2 N–H and O–H groups in total. The summed E-state index contributed by atoms with van der Waals surface area (Å²) >= 11 is 6.17. The monoisotopic (exact) mass is 443 g/mol. The number of hydrogen-bond donors (Lipinski definition) is 2. The van der Waals surface area contributed by atoms with Gasteiger partial charge < -0.3 is 20.3 Å². The van der Waals surface area contributed by atoms with Gasteiger partial charge in [0.15, 0.2) is 0 Å². The van der Waals surface area contributed by atoms with Crippen molar-refractivity contribution in [3.05, 3.63) is 58.6 Å². The van der Waals surface area contributed by atoms with Crippen molar-refractivity contribution in [2.75, 3.05) is 31.6 Å². The zero-order valence-corrected chi connectivity index (χ0v) is 19.0. The lowest BCUT2D eigenvalue weighted by molar-refractivity contribution is -0.122. The highest BCUT2D eigenvalue weighted by Gasteiger charge is 2.25. The molecule has 1 aliphatic heterocycles. The molecule has 0 aliphatic carbocycles. The van der Waals surface area contributed by atoms with Crippen LogP contribution in [0.5, 0.6) is 5.75 Å². The third kappa shape index (κ3) is 6.37. The fourth-order valence-electron chi connectivity index (χ4n) is 3.99. The Kier molecular flexibility index (Phi) is 7.80. The molecule has 1 saturated heterocycles. The molecule has 166 valence electrons. The number of nitrogens with one attached hydrogen (secondary N) is 2. The second kappa shape index (κ2) is 10.5. The smallest absolute Gasteiger partial charge is 0.222 e. The van der Waals surface area contributed by atoms with Crippen LogP contribution >= 0.6 is 11.6 Å². The van der Waals surface area contributed by atoms with Gasteiger partial charge in [-0.05, 0) is 54.7 Å². The number of carbonyl (C=O) groups excluding carboxylic acids is 2. The number of carbonyl (C=O) groups is 2. The molecule has 0 spiro atoms. The third-order valence-corrected chi connectivity index (χ3v) is 5.91. The van der Waals surface area contributed by atoms with Gasteiger partial charge in [0.2, 0.25) is 11.8 Å². The van der Waals surface area contributed by atoms with E-state index in [1.54, 1.807) is 7.11 Å². The van der Waals surface area contributed by atoms with E-state index in [0.717, 1.165) is 41.5 Å². The Morgan fingerprint density at radius 3 is 2.65 bits per heavy atom. The molecule has 6 nitrogen and oxygen atoms in total. The lowest BCUT2D eigenvalue weighted by Crippen LogP contribution is -2.35. The molecule has 2 amide bonds.